The van der Waals surface area contributed by atoms with E-state index in [9.17, 15) is 13.2 Å². The average Bonchev–Trinajstić information content (AvgIpc) is 3.24. The van der Waals surface area contributed by atoms with Gasteiger partial charge in [0.25, 0.3) is 0 Å². The number of nitrogens with zero attached hydrogens (tertiary/aromatic N) is 6. The molecule has 0 atom stereocenters. The lowest BCUT2D eigenvalue weighted by atomic mass is 10.2. The molecule has 4 heterocycles. The molecule has 0 spiro atoms. The zero-order chi connectivity index (χ0) is 17.6. The van der Waals surface area contributed by atoms with Gasteiger partial charge in [0.1, 0.15) is 11.2 Å². The molecule has 0 amide bonds. The Morgan fingerprint density at radius 2 is 1.92 bits per heavy atom. The van der Waals surface area contributed by atoms with E-state index in [2.05, 4.69) is 32.0 Å². The van der Waals surface area contributed by atoms with E-state index in [0.29, 0.717) is 34.1 Å². The van der Waals surface area contributed by atoms with Crippen LogP contribution in [0.3, 0.4) is 0 Å². The summed E-state index contributed by atoms with van der Waals surface area (Å²) in [6.07, 6.45) is -1.24. The van der Waals surface area contributed by atoms with E-state index in [4.69, 9.17) is 0 Å². The van der Waals surface area contributed by atoms with Gasteiger partial charge in [-0.25, -0.2) is 4.98 Å². The Labute approximate surface area is 145 Å². The van der Waals surface area contributed by atoms with E-state index in [0.717, 1.165) is 32.2 Å². The van der Waals surface area contributed by atoms with Gasteiger partial charge >= 0.3 is 6.18 Å². The predicted molar refractivity (Wildman–Crippen MR) is 88.8 cm³/mol. The van der Waals surface area contributed by atoms with Crippen LogP contribution in [0, 0.1) is 0 Å². The summed E-state index contributed by atoms with van der Waals surface area (Å²) in [5, 5.41) is 9.54. The summed E-state index contributed by atoms with van der Waals surface area (Å²) in [5.74, 6) is 0.709. The smallest absolute Gasteiger partial charge is 0.351 e. The molecule has 0 aliphatic carbocycles. The van der Waals surface area contributed by atoms with Crippen molar-refractivity contribution in [3.63, 3.8) is 0 Å². The van der Waals surface area contributed by atoms with Crippen LogP contribution in [-0.2, 0) is 6.18 Å². The molecule has 3 aromatic heterocycles. The Morgan fingerprint density at radius 1 is 1.16 bits per heavy atom. The van der Waals surface area contributed by atoms with Crippen molar-refractivity contribution in [3.05, 3.63) is 28.8 Å². The monoisotopic (exact) mass is 368 g/mol. The molecular weight excluding hydrogens is 353 g/mol. The van der Waals surface area contributed by atoms with Gasteiger partial charge in [-0.1, -0.05) is 0 Å². The number of piperazine rings is 1. The molecule has 0 unspecified atom stereocenters. The van der Waals surface area contributed by atoms with Crippen LogP contribution in [0.1, 0.15) is 4.88 Å². The van der Waals surface area contributed by atoms with Crippen molar-refractivity contribution >= 4 is 22.8 Å². The molecule has 0 radical (unpaired) electrons. The van der Waals surface area contributed by atoms with Crippen LogP contribution in [0.25, 0.3) is 16.9 Å². The molecule has 25 heavy (non-hydrogen) atoms. The molecule has 132 valence electrons. The Balaban J connectivity index is 1.74. The van der Waals surface area contributed by atoms with Crippen LogP contribution in [-0.4, -0.2) is 57.7 Å². The fourth-order valence-electron chi connectivity index (χ4n) is 2.88. The van der Waals surface area contributed by atoms with Gasteiger partial charge in [-0.15, -0.1) is 21.5 Å². The number of hydrogen-bond donors (Lipinski definition) is 0. The van der Waals surface area contributed by atoms with Crippen LogP contribution < -0.4 is 4.90 Å². The molecule has 6 nitrogen and oxygen atoms in total. The van der Waals surface area contributed by atoms with E-state index in [1.165, 1.54) is 11.7 Å². The van der Waals surface area contributed by atoms with E-state index < -0.39 is 11.1 Å². The molecule has 1 aliphatic heterocycles. The molecule has 0 saturated carbocycles. The number of fused-ring (bicyclic) bond motifs is 1. The number of alkyl halides is 3. The summed E-state index contributed by atoms with van der Waals surface area (Å²) in [6.45, 7) is 3.48. The van der Waals surface area contributed by atoms with Crippen molar-refractivity contribution in [2.24, 2.45) is 0 Å². The highest BCUT2D eigenvalue weighted by atomic mass is 32.1. The topological polar surface area (TPSA) is 49.6 Å². The summed E-state index contributed by atoms with van der Waals surface area (Å²) in [4.78, 5) is 8.21. The number of rotatable bonds is 2. The average molecular weight is 368 g/mol. The van der Waals surface area contributed by atoms with Gasteiger partial charge in [0.15, 0.2) is 5.82 Å². The van der Waals surface area contributed by atoms with Gasteiger partial charge < -0.3 is 9.80 Å². The zero-order valence-corrected chi connectivity index (χ0v) is 14.2. The molecule has 0 bridgehead atoms. The quantitative estimate of drug-likeness (QED) is 0.696. The number of aromatic nitrogens is 4. The van der Waals surface area contributed by atoms with Gasteiger partial charge in [-0.3, -0.25) is 4.40 Å². The van der Waals surface area contributed by atoms with Gasteiger partial charge in [0.05, 0.1) is 11.9 Å². The normalized spacial score (nSPS) is 16.7. The van der Waals surface area contributed by atoms with Crippen molar-refractivity contribution in [2.45, 2.75) is 6.18 Å². The molecule has 3 aromatic rings. The minimum absolute atomic E-state index is 0.458. The number of halogens is 3. The maximum Gasteiger partial charge on any atom is 0.425 e. The number of hydrogen-bond acceptors (Lipinski definition) is 6. The van der Waals surface area contributed by atoms with Crippen molar-refractivity contribution in [1.82, 2.24) is 24.5 Å². The Kier molecular flexibility index (Phi) is 3.88. The number of likely N-dealkylation sites (N-methyl/N-ethyl adjacent to an activating group) is 1. The second-order valence-electron chi connectivity index (χ2n) is 5.98. The molecule has 0 aromatic carbocycles. The summed E-state index contributed by atoms with van der Waals surface area (Å²) < 4.78 is 40.3. The first-order valence-corrected chi connectivity index (χ1v) is 8.60. The van der Waals surface area contributed by atoms with Gasteiger partial charge in [-0.05, 0) is 13.1 Å². The Bertz CT molecular complexity index is 894. The van der Waals surface area contributed by atoms with Crippen molar-refractivity contribution < 1.29 is 13.2 Å². The maximum absolute atomic E-state index is 12.9. The maximum atomic E-state index is 12.9. The Hall–Kier alpha value is -2.20. The molecular formula is C15H15F3N6S. The molecule has 4 rings (SSSR count). The van der Waals surface area contributed by atoms with Gasteiger partial charge in [-0.2, -0.15) is 13.2 Å². The highest BCUT2D eigenvalue weighted by molar-refractivity contribution is 7.10. The fourth-order valence-corrected chi connectivity index (χ4v) is 3.65. The second-order valence-corrected chi connectivity index (χ2v) is 6.89. The van der Waals surface area contributed by atoms with E-state index in [-0.39, 0.29) is 0 Å². The summed E-state index contributed by atoms with van der Waals surface area (Å²) in [6, 6.07) is 1.14. The molecule has 1 fully saturated rings. The van der Waals surface area contributed by atoms with Crippen LogP contribution in [0.5, 0.6) is 0 Å². The second kappa shape index (κ2) is 5.95. The van der Waals surface area contributed by atoms with Gasteiger partial charge in [0, 0.05) is 37.1 Å². The van der Waals surface area contributed by atoms with E-state index in [1.807, 2.05) is 0 Å². The predicted octanol–water partition coefficient (Wildman–Crippen LogP) is 2.62. The summed E-state index contributed by atoms with van der Waals surface area (Å²) >= 11 is 0.672. The van der Waals surface area contributed by atoms with Crippen LogP contribution in [0.4, 0.5) is 19.0 Å². The minimum Gasteiger partial charge on any atom is -0.351 e. The highest BCUT2D eigenvalue weighted by Gasteiger charge is 2.33. The standard InChI is InChI=1S/C15H15F3N6S/c1-22-2-4-23(5-3-22)13-14-21-20-9-24(14)11(7-19-13)10-6-12(25-8-10)15(16,17)18/h6-9H,2-5H2,1H3. The van der Waals surface area contributed by atoms with E-state index >= 15 is 0 Å². The highest BCUT2D eigenvalue weighted by Crippen LogP contribution is 2.37. The third kappa shape index (κ3) is 2.95. The lowest BCUT2D eigenvalue weighted by Crippen LogP contribution is -2.45. The zero-order valence-electron chi connectivity index (χ0n) is 13.4. The molecule has 10 heteroatoms. The first-order valence-electron chi connectivity index (χ1n) is 7.72. The summed E-state index contributed by atoms with van der Waals surface area (Å²) in [5.41, 5.74) is 1.56. The minimum atomic E-state index is -4.34. The SMILES string of the molecule is CN1CCN(c2ncc(-c3csc(C(F)(F)F)c3)n3cnnc23)CC1. The number of anilines is 1. The lowest BCUT2D eigenvalue weighted by molar-refractivity contribution is -0.134. The van der Waals surface area contributed by atoms with Gasteiger partial charge in [0.2, 0.25) is 5.65 Å². The van der Waals surface area contributed by atoms with Crippen LogP contribution >= 0.6 is 11.3 Å². The largest absolute Gasteiger partial charge is 0.425 e. The summed E-state index contributed by atoms with van der Waals surface area (Å²) in [7, 11) is 2.06. The molecule has 1 saturated heterocycles. The fraction of sp³-hybridized carbons (Fsp3) is 0.400. The van der Waals surface area contributed by atoms with Crippen LogP contribution in [0.2, 0.25) is 0 Å². The third-order valence-corrected chi connectivity index (χ3v) is 5.27. The first kappa shape index (κ1) is 16.3. The van der Waals surface area contributed by atoms with Crippen molar-refractivity contribution in [2.75, 3.05) is 38.1 Å². The number of thiophene rings is 1. The Morgan fingerprint density at radius 3 is 2.60 bits per heavy atom. The third-order valence-electron chi connectivity index (χ3n) is 4.29. The van der Waals surface area contributed by atoms with Crippen molar-refractivity contribution in [1.29, 1.82) is 0 Å². The van der Waals surface area contributed by atoms with Crippen LogP contribution in [0.15, 0.2) is 24.0 Å². The van der Waals surface area contributed by atoms with Crippen molar-refractivity contribution in [3.8, 4) is 11.3 Å². The first-order chi connectivity index (χ1) is 11.9. The lowest BCUT2D eigenvalue weighted by Gasteiger charge is -2.33. The molecule has 0 N–H and O–H groups in total. The van der Waals surface area contributed by atoms with E-state index in [1.54, 1.807) is 10.6 Å². The molecule has 1 aliphatic rings.